The molecule has 1 saturated heterocycles. The van der Waals surface area contributed by atoms with Crippen LogP contribution in [-0.4, -0.2) is 65.3 Å². The van der Waals surface area contributed by atoms with Crippen molar-refractivity contribution in [1.29, 1.82) is 0 Å². The molecule has 0 aliphatic carbocycles. The van der Waals surface area contributed by atoms with Crippen LogP contribution in [-0.2, 0) is 0 Å². The van der Waals surface area contributed by atoms with Gasteiger partial charge in [0.25, 0.3) is 0 Å². The maximum atomic E-state index is 10.0. The SMILES string of the molecule is CC(N)C(c1ccncc1)N1CC(O)CC1CN(C)C. The van der Waals surface area contributed by atoms with E-state index in [0.29, 0.717) is 12.6 Å². The molecule has 112 valence electrons. The highest BCUT2D eigenvalue weighted by Gasteiger charge is 2.37. The number of likely N-dealkylation sites (N-methyl/N-ethyl adjacent to an activating group) is 1. The first-order chi connectivity index (χ1) is 9.49. The van der Waals surface area contributed by atoms with Crippen molar-refractivity contribution < 1.29 is 5.11 Å². The van der Waals surface area contributed by atoms with Crippen molar-refractivity contribution in [1.82, 2.24) is 14.8 Å². The normalized spacial score (nSPS) is 26.9. The summed E-state index contributed by atoms with van der Waals surface area (Å²) in [6.45, 7) is 3.65. The van der Waals surface area contributed by atoms with Crippen LogP contribution >= 0.6 is 0 Å². The quantitative estimate of drug-likeness (QED) is 0.819. The minimum atomic E-state index is -0.261. The van der Waals surface area contributed by atoms with Gasteiger partial charge in [-0.2, -0.15) is 0 Å². The molecule has 1 fully saturated rings. The number of hydrogen-bond acceptors (Lipinski definition) is 5. The molecule has 2 heterocycles. The number of aliphatic hydroxyl groups excluding tert-OH is 1. The molecule has 1 aliphatic rings. The zero-order valence-corrected chi connectivity index (χ0v) is 12.6. The summed E-state index contributed by atoms with van der Waals surface area (Å²) < 4.78 is 0. The molecule has 1 aromatic heterocycles. The van der Waals surface area contributed by atoms with Crippen LogP contribution in [0.1, 0.15) is 24.9 Å². The molecule has 0 radical (unpaired) electrons. The first kappa shape index (κ1) is 15.4. The van der Waals surface area contributed by atoms with Crippen LogP contribution in [0.15, 0.2) is 24.5 Å². The average molecular weight is 278 g/mol. The first-order valence-corrected chi connectivity index (χ1v) is 7.23. The summed E-state index contributed by atoms with van der Waals surface area (Å²) in [4.78, 5) is 8.60. The van der Waals surface area contributed by atoms with Crippen molar-refractivity contribution in [3.63, 3.8) is 0 Å². The smallest absolute Gasteiger partial charge is 0.0682 e. The Morgan fingerprint density at radius 2 is 2.10 bits per heavy atom. The van der Waals surface area contributed by atoms with E-state index in [1.54, 1.807) is 12.4 Å². The molecule has 3 N–H and O–H groups in total. The summed E-state index contributed by atoms with van der Waals surface area (Å²) in [6.07, 6.45) is 4.16. The number of hydrogen-bond donors (Lipinski definition) is 2. The topological polar surface area (TPSA) is 65.6 Å². The van der Waals surface area contributed by atoms with Crippen molar-refractivity contribution in [3.05, 3.63) is 30.1 Å². The van der Waals surface area contributed by atoms with E-state index in [1.807, 2.05) is 19.1 Å². The van der Waals surface area contributed by atoms with Crippen molar-refractivity contribution in [2.45, 2.75) is 37.6 Å². The largest absolute Gasteiger partial charge is 0.392 e. The van der Waals surface area contributed by atoms with Gasteiger partial charge in [0.1, 0.15) is 0 Å². The molecular weight excluding hydrogens is 252 g/mol. The van der Waals surface area contributed by atoms with E-state index in [1.165, 1.54) is 5.56 Å². The minimum absolute atomic E-state index is 0.00682. The highest BCUT2D eigenvalue weighted by atomic mass is 16.3. The van der Waals surface area contributed by atoms with Gasteiger partial charge < -0.3 is 15.7 Å². The lowest BCUT2D eigenvalue weighted by molar-refractivity contribution is 0.123. The van der Waals surface area contributed by atoms with E-state index < -0.39 is 0 Å². The maximum absolute atomic E-state index is 10.0. The minimum Gasteiger partial charge on any atom is -0.392 e. The average Bonchev–Trinajstić information content (AvgIpc) is 2.70. The summed E-state index contributed by atoms with van der Waals surface area (Å²) >= 11 is 0. The van der Waals surface area contributed by atoms with E-state index >= 15 is 0 Å². The van der Waals surface area contributed by atoms with Crippen LogP contribution in [0, 0.1) is 0 Å². The van der Waals surface area contributed by atoms with Crippen LogP contribution < -0.4 is 5.73 Å². The molecule has 5 heteroatoms. The second-order valence-corrected chi connectivity index (χ2v) is 6.09. The summed E-state index contributed by atoms with van der Waals surface area (Å²) in [5.41, 5.74) is 7.40. The molecule has 1 aliphatic heterocycles. The Morgan fingerprint density at radius 3 is 2.65 bits per heavy atom. The standard InChI is InChI=1S/C15H26N4O/c1-11(16)15(12-4-6-17-7-5-12)19-10-14(20)8-13(19)9-18(2)3/h4-7,11,13-15,20H,8-10,16H2,1-3H3. The predicted molar refractivity (Wildman–Crippen MR) is 80.3 cm³/mol. The number of rotatable bonds is 5. The third-order valence-electron chi connectivity index (χ3n) is 3.91. The summed E-state index contributed by atoms with van der Waals surface area (Å²) in [5.74, 6) is 0. The third-order valence-corrected chi connectivity index (χ3v) is 3.91. The number of pyridine rings is 1. The van der Waals surface area contributed by atoms with Gasteiger partial charge in [-0.3, -0.25) is 9.88 Å². The lowest BCUT2D eigenvalue weighted by atomic mass is 9.99. The highest BCUT2D eigenvalue weighted by Crippen LogP contribution is 2.31. The van der Waals surface area contributed by atoms with Gasteiger partial charge >= 0.3 is 0 Å². The number of nitrogens with zero attached hydrogens (tertiary/aromatic N) is 3. The summed E-state index contributed by atoms with van der Waals surface area (Å²) in [7, 11) is 4.13. The maximum Gasteiger partial charge on any atom is 0.0682 e. The van der Waals surface area contributed by atoms with E-state index in [-0.39, 0.29) is 18.2 Å². The molecular formula is C15H26N4O. The van der Waals surface area contributed by atoms with Crippen molar-refractivity contribution >= 4 is 0 Å². The first-order valence-electron chi connectivity index (χ1n) is 7.23. The number of aromatic nitrogens is 1. The van der Waals surface area contributed by atoms with Crippen LogP contribution in [0.2, 0.25) is 0 Å². The number of aliphatic hydroxyl groups is 1. The lowest BCUT2D eigenvalue weighted by Gasteiger charge is -2.36. The zero-order chi connectivity index (χ0) is 14.7. The second-order valence-electron chi connectivity index (χ2n) is 6.09. The third kappa shape index (κ3) is 3.55. The van der Waals surface area contributed by atoms with Crippen LogP contribution in [0.5, 0.6) is 0 Å². The number of nitrogens with two attached hydrogens (primary N) is 1. The second kappa shape index (κ2) is 6.63. The fourth-order valence-corrected chi connectivity index (χ4v) is 3.22. The van der Waals surface area contributed by atoms with Gasteiger partial charge in [-0.1, -0.05) is 0 Å². The van der Waals surface area contributed by atoms with E-state index in [0.717, 1.165) is 13.0 Å². The van der Waals surface area contributed by atoms with Crippen LogP contribution in [0.3, 0.4) is 0 Å². The van der Waals surface area contributed by atoms with E-state index in [2.05, 4.69) is 28.9 Å². The van der Waals surface area contributed by atoms with Crippen molar-refractivity contribution in [2.75, 3.05) is 27.2 Å². The Labute approximate surface area is 121 Å². The number of likely N-dealkylation sites (tertiary alicyclic amines) is 1. The fraction of sp³-hybridized carbons (Fsp3) is 0.667. The molecule has 0 amide bonds. The molecule has 0 saturated carbocycles. The number of β-amino-alcohol motifs (C(OH)–C–C–N with tert-alkyl or cyclic N) is 1. The van der Waals surface area contributed by atoms with Gasteiger partial charge in [0, 0.05) is 37.6 Å². The van der Waals surface area contributed by atoms with Gasteiger partial charge in [0.15, 0.2) is 0 Å². The molecule has 4 atom stereocenters. The molecule has 2 rings (SSSR count). The Balaban J connectivity index is 2.23. The summed E-state index contributed by atoms with van der Waals surface area (Å²) in [6, 6.07) is 4.51. The molecule has 20 heavy (non-hydrogen) atoms. The van der Waals surface area contributed by atoms with E-state index in [9.17, 15) is 5.11 Å². The Kier molecular flexibility index (Phi) is 5.10. The van der Waals surface area contributed by atoms with Crippen molar-refractivity contribution in [3.8, 4) is 0 Å². The molecule has 0 spiro atoms. The monoisotopic (exact) mass is 278 g/mol. The van der Waals surface area contributed by atoms with E-state index in [4.69, 9.17) is 5.73 Å². The Bertz CT molecular complexity index is 410. The highest BCUT2D eigenvalue weighted by molar-refractivity contribution is 5.18. The fourth-order valence-electron chi connectivity index (χ4n) is 3.22. The Hall–Kier alpha value is -1.01. The van der Waals surface area contributed by atoms with Crippen LogP contribution in [0.4, 0.5) is 0 Å². The van der Waals surface area contributed by atoms with Gasteiger partial charge in [0.05, 0.1) is 12.1 Å². The van der Waals surface area contributed by atoms with Gasteiger partial charge in [-0.25, -0.2) is 0 Å². The van der Waals surface area contributed by atoms with Gasteiger partial charge in [0.2, 0.25) is 0 Å². The van der Waals surface area contributed by atoms with Crippen molar-refractivity contribution in [2.24, 2.45) is 5.73 Å². The van der Waals surface area contributed by atoms with Crippen LogP contribution in [0.25, 0.3) is 0 Å². The Morgan fingerprint density at radius 1 is 1.45 bits per heavy atom. The molecule has 0 bridgehead atoms. The summed E-state index contributed by atoms with van der Waals surface area (Å²) in [5, 5.41) is 10.0. The molecule has 1 aromatic rings. The molecule has 0 aromatic carbocycles. The predicted octanol–water partition coefficient (Wildman–Crippen LogP) is 0.467. The zero-order valence-electron chi connectivity index (χ0n) is 12.6. The lowest BCUT2D eigenvalue weighted by Crippen LogP contribution is -2.45. The molecule has 5 nitrogen and oxygen atoms in total. The van der Waals surface area contributed by atoms with Gasteiger partial charge in [-0.05, 0) is 45.1 Å². The van der Waals surface area contributed by atoms with Gasteiger partial charge in [-0.15, -0.1) is 0 Å². The molecule has 4 unspecified atom stereocenters.